The van der Waals surface area contributed by atoms with E-state index in [1.165, 1.54) is 41.3 Å². The lowest BCUT2D eigenvalue weighted by atomic mass is 9.94. The van der Waals surface area contributed by atoms with Crippen LogP contribution in [0, 0.1) is 5.82 Å². The first kappa shape index (κ1) is 35.9. The van der Waals surface area contributed by atoms with Crippen LogP contribution in [-0.4, -0.2) is 50.4 Å². The highest BCUT2D eigenvalue weighted by Crippen LogP contribution is 2.27. The first-order valence-electron chi connectivity index (χ1n) is 16.5. The van der Waals surface area contributed by atoms with Gasteiger partial charge in [0.15, 0.2) is 0 Å². The van der Waals surface area contributed by atoms with E-state index in [1.54, 1.807) is 24.3 Å². The van der Waals surface area contributed by atoms with Gasteiger partial charge >= 0.3 is 0 Å². The number of hydrogen-bond acceptors (Lipinski definition) is 5. The Morgan fingerprint density at radius 1 is 0.898 bits per heavy atom. The van der Waals surface area contributed by atoms with E-state index in [0.29, 0.717) is 22.9 Å². The summed E-state index contributed by atoms with van der Waals surface area (Å²) in [6, 6.07) is 26.2. The van der Waals surface area contributed by atoms with Crippen molar-refractivity contribution in [3.8, 4) is 5.75 Å². The maximum atomic E-state index is 14.6. The second kappa shape index (κ2) is 16.8. The molecule has 4 aromatic carbocycles. The number of sulfonamides is 1. The Morgan fingerprint density at radius 2 is 1.57 bits per heavy atom. The van der Waals surface area contributed by atoms with Crippen molar-refractivity contribution in [3.05, 3.63) is 125 Å². The zero-order chi connectivity index (χ0) is 34.8. The number of amides is 2. The van der Waals surface area contributed by atoms with Gasteiger partial charge in [-0.05, 0) is 91.6 Å². The largest absolute Gasteiger partial charge is 0.494 e. The molecule has 49 heavy (non-hydrogen) atoms. The van der Waals surface area contributed by atoms with E-state index in [1.807, 2.05) is 37.3 Å². The van der Waals surface area contributed by atoms with E-state index >= 15 is 0 Å². The Balaban J connectivity index is 1.55. The number of carbonyl (C=O) groups is 2. The topological polar surface area (TPSA) is 96.0 Å². The summed E-state index contributed by atoms with van der Waals surface area (Å²) in [5, 5.41) is 3.65. The Morgan fingerprint density at radius 3 is 2.22 bits per heavy atom. The highest BCUT2D eigenvalue weighted by Gasteiger charge is 2.35. The van der Waals surface area contributed by atoms with Crippen molar-refractivity contribution < 1.29 is 27.1 Å². The fraction of sp³-hybridized carbons (Fsp3) is 0.316. The van der Waals surface area contributed by atoms with Crippen LogP contribution in [0.4, 0.5) is 10.1 Å². The summed E-state index contributed by atoms with van der Waals surface area (Å²) in [4.78, 5) is 30.2. The third-order valence-electron chi connectivity index (χ3n) is 8.58. The molecule has 4 aromatic rings. The minimum absolute atomic E-state index is 0.00462. The number of benzene rings is 4. The van der Waals surface area contributed by atoms with E-state index in [-0.39, 0.29) is 35.5 Å². The molecule has 1 N–H and O–H groups in total. The zero-order valence-electron chi connectivity index (χ0n) is 27.4. The van der Waals surface area contributed by atoms with Crippen LogP contribution in [0.15, 0.2) is 108 Å². The summed E-state index contributed by atoms with van der Waals surface area (Å²) >= 11 is 6.33. The molecule has 1 atom stereocenters. The maximum absolute atomic E-state index is 14.6. The number of halogens is 2. The second-order valence-corrected chi connectivity index (χ2v) is 14.4. The standard InChI is InChI=1S/C38H41ClFN3O5S/c1-2-48-34-20-22-35(23-21-34)49(46,47)43(33-18-16-31(40)17-19-33)27-37(44)42(26-29-12-9-13-30(39)24-29)36(25-28-10-5-3-6-11-28)38(45)41-32-14-7-4-8-15-32/h3,5-6,9-13,16-24,32,36H,2,4,7-8,14-15,25-27H2,1H3,(H,41,45)/t36-/m0/s1. The zero-order valence-corrected chi connectivity index (χ0v) is 29.0. The van der Waals surface area contributed by atoms with Crippen LogP contribution in [0.3, 0.4) is 0 Å². The molecule has 0 bridgehead atoms. The molecule has 0 heterocycles. The van der Waals surface area contributed by atoms with Gasteiger partial charge in [-0.2, -0.15) is 0 Å². The Bertz CT molecular complexity index is 1800. The van der Waals surface area contributed by atoms with Gasteiger partial charge in [-0.1, -0.05) is 73.3 Å². The average Bonchev–Trinajstić information content (AvgIpc) is 3.10. The SMILES string of the molecule is CCOc1ccc(S(=O)(=O)N(CC(=O)N(Cc2cccc(Cl)c2)[C@@H](Cc2ccccc2)C(=O)NC2CCCCC2)c2ccc(F)cc2)cc1. The predicted molar refractivity (Wildman–Crippen MR) is 189 cm³/mol. The van der Waals surface area contributed by atoms with Gasteiger partial charge in [-0.3, -0.25) is 13.9 Å². The number of hydrogen-bond donors (Lipinski definition) is 1. The Hall–Kier alpha value is -4.41. The molecule has 1 aliphatic rings. The van der Waals surface area contributed by atoms with Crippen molar-refractivity contribution >= 4 is 39.1 Å². The molecular formula is C38H41ClFN3O5S. The third-order valence-corrected chi connectivity index (χ3v) is 10.6. The quantitative estimate of drug-likeness (QED) is 0.150. The molecule has 0 unspecified atom stereocenters. The number of rotatable bonds is 14. The van der Waals surface area contributed by atoms with Crippen LogP contribution in [-0.2, 0) is 32.6 Å². The van der Waals surface area contributed by atoms with Crippen LogP contribution in [0.25, 0.3) is 0 Å². The number of carbonyl (C=O) groups excluding carboxylic acids is 2. The Kier molecular flexibility index (Phi) is 12.3. The van der Waals surface area contributed by atoms with Crippen LogP contribution in [0.2, 0.25) is 5.02 Å². The first-order chi connectivity index (χ1) is 23.6. The lowest BCUT2D eigenvalue weighted by Crippen LogP contribution is -2.55. The average molecular weight is 706 g/mol. The fourth-order valence-electron chi connectivity index (χ4n) is 6.07. The lowest BCUT2D eigenvalue weighted by Gasteiger charge is -2.35. The summed E-state index contributed by atoms with van der Waals surface area (Å²) in [5.41, 5.74) is 1.61. The molecule has 1 saturated carbocycles. The molecule has 11 heteroatoms. The van der Waals surface area contributed by atoms with E-state index in [4.69, 9.17) is 16.3 Å². The van der Waals surface area contributed by atoms with Gasteiger partial charge in [0.2, 0.25) is 11.8 Å². The molecule has 8 nitrogen and oxygen atoms in total. The normalized spacial score (nSPS) is 14.1. The number of anilines is 1. The highest BCUT2D eigenvalue weighted by molar-refractivity contribution is 7.92. The summed E-state index contributed by atoms with van der Waals surface area (Å²) in [5.74, 6) is -0.989. The summed E-state index contributed by atoms with van der Waals surface area (Å²) in [7, 11) is -4.35. The second-order valence-electron chi connectivity index (χ2n) is 12.1. The number of nitrogens with one attached hydrogen (secondary N) is 1. The van der Waals surface area contributed by atoms with Crippen molar-refractivity contribution in [2.24, 2.45) is 0 Å². The summed E-state index contributed by atoms with van der Waals surface area (Å²) in [6.07, 6.45) is 5.04. The van der Waals surface area contributed by atoms with E-state index < -0.39 is 34.3 Å². The van der Waals surface area contributed by atoms with E-state index in [2.05, 4.69) is 5.32 Å². The minimum atomic E-state index is -4.35. The lowest BCUT2D eigenvalue weighted by molar-refractivity contribution is -0.140. The van der Waals surface area contributed by atoms with Crippen molar-refractivity contribution in [1.29, 1.82) is 0 Å². The van der Waals surface area contributed by atoms with Gasteiger partial charge in [-0.15, -0.1) is 0 Å². The van der Waals surface area contributed by atoms with E-state index in [0.717, 1.165) is 54.1 Å². The van der Waals surface area contributed by atoms with Crippen molar-refractivity contribution in [3.63, 3.8) is 0 Å². The first-order valence-corrected chi connectivity index (χ1v) is 18.3. The smallest absolute Gasteiger partial charge is 0.264 e. The van der Waals surface area contributed by atoms with Crippen LogP contribution in [0.1, 0.15) is 50.2 Å². The molecule has 0 aliphatic heterocycles. The minimum Gasteiger partial charge on any atom is -0.494 e. The van der Waals surface area contributed by atoms with Gasteiger partial charge in [0.05, 0.1) is 17.2 Å². The molecule has 0 aromatic heterocycles. The number of ether oxygens (including phenoxy) is 1. The molecule has 1 fully saturated rings. The van der Waals surface area contributed by atoms with Gasteiger partial charge < -0.3 is 15.0 Å². The molecule has 258 valence electrons. The summed E-state index contributed by atoms with van der Waals surface area (Å²) < 4.78 is 48.9. The van der Waals surface area contributed by atoms with Gasteiger partial charge in [0.1, 0.15) is 24.2 Å². The highest BCUT2D eigenvalue weighted by atomic mass is 35.5. The molecule has 0 saturated heterocycles. The van der Waals surface area contributed by atoms with Crippen LogP contribution < -0.4 is 14.4 Å². The van der Waals surface area contributed by atoms with E-state index in [9.17, 15) is 22.4 Å². The molecule has 0 spiro atoms. The van der Waals surface area contributed by atoms with Gasteiger partial charge in [0.25, 0.3) is 10.0 Å². The van der Waals surface area contributed by atoms with Crippen LogP contribution in [0.5, 0.6) is 5.75 Å². The Labute approximate surface area is 292 Å². The number of nitrogens with zero attached hydrogens (tertiary/aromatic N) is 2. The van der Waals surface area contributed by atoms with Crippen molar-refractivity contribution in [2.75, 3.05) is 17.5 Å². The van der Waals surface area contributed by atoms with Crippen molar-refractivity contribution in [2.45, 2.75) is 69.0 Å². The molecule has 5 rings (SSSR count). The molecule has 2 amide bonds. The van der Waals surface area contributed by atoms with Crippen LogP contribution >= 0.6 is 11.6 Å². The fourth-order valence-corrected chi connectivity index (χ4v) is 7.70. The molecule has 1 aliphatic carbocycles. The monoisotopic (exact) mass is 705 g/mol. The third kappa shape index (κ3) is 9.61. The van der Waals surface area contributed by atoms with Gasteiger partial charge in [-0.25, -0.2) is 12.8 Å². The van der Waals surface area contributed by atoms with Gasteiger partial charge in [0, 0.05) is 24.0 Å². The maximum Gasteiger partial charge on any atom is 0.264 e. The predicted octanol–water partition coefficient (Wildman–Crippen LogP) is 7.16. The molecular weight excluding hydrogens is 665 g/mol. The molecule has 0 radical (unpaired) electrons. The summed E-state index contributed by atoms with van der Waals surface area (Å²) in [6.45, 7) is 1.57. The van der Waals surface area contributed by atoms with Crippen molar-refractivity contribution in [1.82, 2.24) is 10.2 Å².